The van der Waals surface area contributed by atoms with Gasteiger partial charge in [0, 0.05) is 23.3 Å². The molecule has 1 aromatic heterocycles. The number of aromatic nitrogens is 3. The van der Waals surface area contributed by atoms with Crippen molar-refractivity contribution in [3.63, 3.8) is 0 Å². The van der Waals surface area contributed by atoms with Crippen LogP contribution in [0.4, 0.5) is 16.0 Å². The first kappa shape index (κ1) is 24.5. The summed E-state index contributed by atoms with van der Waals surface area (Å²) < 4.78 is 22.0. The van der Waals surface area contributed by atoms with E-state index in [9.17, 15) is 23.9 Å². The predicted molar refractivity (Wildman–Crippen MR) is 128 cm³/mol. The van der Waals surface area contributed by atoms with Crippen molar-refractivity contribution in [1.29, 1.82) is 0 Å². The molecule has 3 aromatic rings. The van der Waals surface area contributed by atoms with Crippen molar-refractivity contribution in [2.75, 3.05) is 11.9 Å². The number of nitrogens with zero attached hydrogens (tertiary/aromatic N) is 3. The second-order valence-corrected chi connectivity index (χ2v) is 9.02. The van der Waals surface area contributed by atoms with Crippen molar-refractivity contribution in [1.82, 2.24) is 14.1 Å². The van der Waals surface area contributed by atoms with Gasteiger partial charge in [0.15, 0.2) is 11.6 Å². The molecule has 11 heteroatoms. The monoisotopic (exact) mass is 502 g/mol. The molecular formula is C24H24ClFN4O5. The maximum Gasteiger partial charge on any atom is 0.354 e. The summed E-state index contributed by atoms with van der Waals surface area (Å²) in [6.07, 6.45) is 2.16. The molecule has 0 unspecified atom stereocenters. The molecule has 0 aliphatic heterocycles. The summed E-state index contributed by atoms with van der Waals surface area (Å²) >= 11 is 5.95. The molecule has 1 aliphatic rings. The number of nitrogens with one attached hydrogen (secondary N) is 1. The van der Waals surface area contributed by atoms with Crippen LogP contribution in [-0.2, 0) is 17.9 Å². The number of halogens is 2. The Bertz CT molecular complexity index is 1350. The Kier molecular flexibility index (Phi) is 7.20. The van der Waals surface area contributed by atoms with Crippen molar-refractivity contribution in [2.24, 2.45) is 11.8 Å². The highest BCUT2D eigenvalue weighted by molar-refractivity contribution is 6.30. The Morgan fingerprint density at radius 1 is 1.23 bits per heavy atom. The molecule has 0 amide bonds. The van der Waals surface area contributed by atoms with Crippen LogP contribution < -0.4 is 21.4 Å². The fourth-order valence-corrected chi connectivity index (χ4v) is 3.49. The minimum atomic E-state index is -1.15. The van der Waals surface area contributed by atoms with E-state index in [0.717, 1.165) is 17.4 Å². The quantitative estimate of drug-likeness (QED) is 0.436. The summed E-state index contributed by atoms with van der Waals surface area (Å²) in [4.78, 5) is 41.1. The van der Waals surface area contributed by atoms with Crippen LogP contribution >= 0.6 is 11.6 Å². The number of aliphatic carboxylic acids is 1. The van der Waals surface area contributed by atoms with Crippen LogP contribution in [0.5, 0.6) is 5.75 Å². The molecule has 1 aliphatic carbocycles. The molecular weight excluding hydrogens is 479 g/mol. The lowest BCUT2D eigenvalue weighted by atomic mass is 10.2. The minimum Gasteiger partial charge on any atom is -0.490 e. The number of benzene rings is 2. The molecule has 0 saturated heterocycles. The topological polar surface area (TPSA) is 115 Å². The highest BCUT2D eigenvalue weighted by Crippen LogP contribution is 2.31. The highest BCUT2D eigenvalue weighted by Gasteiger charge is 2.23. The van der Waals surface area contributed by atoms with Gasteiger partial charge in [0.1, 0.15) is 0 Å². The van der Waals surface area contributed by atoms with Gasteiger partial charge in [-0.2, -0.15) is 4.98 Å². The normalized spacial score (nSPS) is 13.9. The van der Waals surface area contributed by atoms with Gasteiger partial charge in [-0.25, -0.2) is 18.5 Å². The smallest absolute Gasteiger partial charge is 0.354 e. The fourth-order valence-electron chi connectivity index (χ4n) is 3.36. The van der Waals surface area contributed by atoms with E-state index < -0.39 is 29.1 Å². The third kappa shape index (κ3) is 6.07. The molecule has 9 nitrogen and oxygen atoms in total. The van der Waals surface area contributed by atoms with E-state index in [4.69, 9.17) is 16.3 Å². The van der Waals surface area contributed by atoms with Gasteiger partial charge in [0.25, 0.3) is 0 Å². The summed E-state index contributed by atoms with van der Waals surface area (Å²) in [5.41, 5.74) is -0.717. The summed E-state index contributed by atoms with van der Waals surface area (Å²) in [7, 11) is 0. The van der Waals surface area contributed by atoms with E-state index in [-0.39, 0.29) is 30.5 Å². The molecule has 2 N–H and O–H groups in total. The van der Waals surface area contributed by atoms with Gasteiger partial charge in [0.2, 0.25) is 5.95 Å². The summed E-state index contributed by atoms with van der Waals surface area (Å²) in [6, 6.07) is 10.9. The average Bonchev–Trinajstić information content (AvgIpc) is 3.64. The predicted octanol–water partition coefficient (Wildman–Crippen LogP) is 3.50. The van der Waals surface area contributed by atoms with Gasteiger partial charge < -0.3 is 15.2 Å². The van der Waals surface area contributed by atoms with Crippen LogP contribution in [0.3, 0.4) is 0 Å². The van der Waals surface area contributed by atoms with Crippen molar-refractivity contribution < 1.29 is 19.0 Å². The molecule has 2 aromatic carbocycles. The van der Waals surface area contributed by atoms with Gasteiger partial charge in [0.05, 0.1) is 19.1 Å². The second kappa shape index (κ2) is 10.3. The average molecular weight is 503 g/mol. The lowest BCUT2D eigenvalue weighted by Crippen LogP contribution is -2.44. The first-order valence-electron chi connectivity index (χ1n) is 11.1. The zero-order chi connectivity index (χ0) is 25.1. The van der Waals surface area contributed by atoms with E-state index in [2.05, 4.69) is 10.3 Å². The lowest BCUT2D eigenvalue weighted by molar-refractivity contribution is -0.141. The molecule has 1 saturated carbocycles. The number of ether oxygens (including phenoxy) is 1. The zero-order valence-electron chi connectivity index (χ0n) is 18.9. The van der Waals surface area contributed by atoms with Crippen LogP contribution in [0.25, 0.3) is 0 Å². The van der Waals surface area contributed by atoms with Crippen LogP contribution in [0.15, 0.2) is 52.1 Å². The second-order valence-electron chi connectivity index (χ2n) is 8.59. The molecule has 1 heterocycles. The third-order valence-electron chi connectivity index (χ3n) is 5.64. The molecule has 1 fully saturated rings. The Balaban J connectivity index is 1.68. The summed E-state index contributed by atoms with van der Waals surface area (Å²) in [5.74, 6) is -2.25. The summed E-state index contributed by atoms with van der Waals surface area (Å²) in [5, 5.41) is 12.6. The fraction of sp³-hybridized carbons (Fsp3) is 0.333. The summed E-state index contributed by atoms with van der Waals surface area (Å²) in [6.45, 7) is 1.51. The van der Waals surface area contributed by atoms with Gasteiger partial charge in [-0.15, -0.1) is 0 Å². The van der Waals surface area contributed by atoms with E-state index in [1.54, 1.807) is 30.3 Å². The highest BCUT2D eigenvalue weighted by atomic mass is 35.5. The number of anilines is 2. The Morgan fingerprint density at radius 2 is 1.94 bits per heavy atom. The maximum absolute atomic E-state index is 14.6. The Labute approximate surface area is 204 Å². The van der Waals surface area contributed by atoms with E-state index in [1.165, 1.54) is 23.6 Å². The third-order valence-corrected chi connectivity index (χ3v) is 5.89. The number of rotatable bonds is 10. The number of hydrogen-bond donors (Lipinski definition) is 2. The van der Waals surface area contributed by atoms with Crippen molar-refractivity contribution in [2.45, 2.75) is 32.9 Å². The van der Waals surface area contributed by atoms with Crippen molar-refractivity contribution in [3.8, 4) is 5.75 Å². The first-order valence-corrected chi connectivity index (χ1v) is 11.5. The van der Waals surface area contributed by atoms with Crippen molar-refractivity contribution >= 4 is 29.2 Å². The molecule has 0 bridgehead atoms. The number of hydrogen-bond acceptors (Lipinski definition) is 6. The van der Waals surface area contributed by atoms with Crippen LogP contribution in [-0.4, -0.2) is 31.8 Å². The van der Waals surface area contributed by atoms with Crippen LogP contribution in [0, 0.1) is 17.7 Å². The van der Waals surface area contributed by atoms with Gasteiger partial charge in [-0.3, -0.25) is 9.36 Å². The molecule has 0 radical (unpaired) electrons. The Morgan fingerprint density at radius 3 is 2.57 bits per heavy atom. The van der Waals surface area contributed by atoms with E-state index >= 15 is 0 Å². The van der Waals surface area contributed by atoms with Crippen molar-refractivity contribution in [3.05, 3.63) is 79.8 Å². The number of carboxylic acids is 1. The SMILES string of the molecule is C[C@@H](Cn1c(=O)nc(Nc2ccc(OCC3CC3)c(F)c2)n(Cc2ccc(Cl)cc2)c1=O)C(=O)O. The van der Waals surface area contributed by atoms with E-state index in [0.29, 0.717) is 23.1 Å². The first-order chi connectivity index (χ1) is 16.7. The molecule has 4 rings (SSSR count). The van der Waals surface area contributed by atoms with E-state index in [1.807, 2.05) is 0 Å². The van der Waals surface area contributed by atoms with Gasteiger partial charge in [-0.1, -0.05) is 30.7 Å². The molecule has 184 valence electrons. The Hall–Kier alpha value is -3.66. The van der Waals surface area contributed by atoms with Gasteiger partial charge in [-0.05, 0) is 48.6 Å². The lowest BCUT2D eigenvalue weighted by Gasteiger charge is -2.17. The van der Waals surface area contributed by atoms with Crippen LogP contribution in [0.2, 0.25) is 5.02 Å². The standard InChI is InChI=1S/C24H24ClFN4O5/c1-14(21(31)32)11-30-23(33)28-22(29(24(30)34)12-15-4-6-17(25)7-5-15)27-18-8-9-20(19(26)10-18)35-13-16-2-3-16/h4-10,14,16H,2-3,11-13H2,1H3,(H,31,32)(H,27,28,33)/t14-/m0/s1. The molecule has 35 heavy (non-hydrogen) atoms. The number of carbonyl (C=O) groups is 1. The van der Waals surface area contributed by atoms with Crippen LogP contribution in [0.1, 0.15) is 25.3 Å². The largest absolute Gasteiger partial charge is 0.490 e. The molecule has 1 atom stereocenters. The maximum atomic E-state index is 14.6. The zero-order valence-corrected chi connectivity index (χ0v) is 19.7. The van der Waals surface area contributed by atoms with Gasteiger partial charge >= 0.3 is 17.3 Å². The molecule has 0 spiro atoms. The minimum absolute atomic E-state index is 0.0120. The number of carboxylic acid groups (broad SMARTS) is 1.